The van der Waals surface area contributed by atoms with Crippen LogP contribution in [0.5, 0.6) is 11.6 Å². The lowest BCUT2D eigenvalue weighted by Crippen LogP contribution is -2.12. The molecular formula is C16H18N2O. The molecule has 0 radical (unpaired) electrons. The molecule has 3 rings (SSSR count). The van der Waals surface area contributed by atoms with Gasteiger partial charge in [-0.2, -0.15) is 0 Å². The molecule has 0 amide bonds. The summed E-state index contributed by atoms with van der Waals surface area (Å²) in [5.74, 6) is 1.61. The second kappa shape index (κ2) is 4.34. The largest absolute Gasteiger partial charge is 0.438 e. The van der Waals surface area contributed by atoms with E-state index in [2.05, 4.69) is 36.8 Å². The van der Waals surface area contributed by atoms with Crippen molar-refractivity contribution in [2.24, 2.45) is 0 Å². The van der Waals surface area contributed by atoms with Crippen molar-refractivity contribution in [1.82, 2.24) is 9.97 Å². The van der Waals surface area contributed by atoms with Gasteiger partial charge in [-0.25, -0.2) is 4.98 Å². The first kappa shape index (κ1) is 12.2. The summed E-state index contributed by atoms with van der Waals surface area (Å²) in [4.78, 5) is 8.66. The quantitative estimate of drug-likeness (QED) is 0.719. The maximum atomic E-state index is 5.92. The Bertz CT molecular complexity index is 614. The number of ether oxygens (including phenoxy) is 1. The molecule has 0 unspecified atom stereocenters. The van der Waals surface area contributed by atoms with Crippen LogP contribution in [0, 0.1) is 0 Å². The second-order valence-corrected chi connectivity index (χ2v) is 6.02. The van der Waals surface area contributed by atoms with E-state index in [1.54, 1.807) is 6.20 Å². The van der Waals surface area contributed by atoms with Crippen molar-refractivity contribution in [3.63, 3.8) is 0 Å². The molecule has 2 aromatic rings. The van der Waals surface area contributed by atoms with E-state index >= 15 is 0 Å². The Morgan fingerprint density at radius 3 is 2.68 bits per heavy atom. The number of rotatable bonds is 0. The van der Waals surface area contributed by atoms with Crippen LogP contribution in [0.25, 0.3) is 0 Å². The summed E-state index contributed by atoms with van der Waals surface area (Å²) in [6.45, 7) is 6.60. The molecule has 0 atom stereocenters. The van der Waals surface area contributed by atoms with Crippen LogP contribution in [0.3, 0.4) is 0 Å². The fourth-order valence-corrected chi connectivity index (χ4v) is 2.25. The van der Waals surface area contributed by atoms with E-state index in [-0.39, 0.29) is 5.41 Å². The van der Waals surface area contributed by atoms with Crippen molar-refractivity contribution in [1.29, 1.82) is 0 Å². The molecule has 19 heavy (non-hydrogen) atoms. The molecule has 0 spiro atoms. The number of nitrogens with zero attached hydrogens (tertiary/aromatic N) is 2. The molecule has 0 aliphatic carbocycles. The molecule has 0 fully saturated rings. The standard InChI is InChI=1S/C16H18N2O/c1-16(2,3)13-8-11-4-5-12-9-17-7-6-14(12)19-15(11)18-10-13/h6-10H,4-5H2,1-3H3. The molecule has 0 saturated carbocycles. The van der Waals surface area contributed by atoms with Gasteiger partial charge in [0.1, 0.15) is 5.75 Å². The number of aryl methyl sites for hydroxylation is 2. The lowest BCUT2D eigenvalue weighted by molar-refractivity contribution is 0.456. The number of fused-ring (bicyclic) bond motifs is 2. The Kier molecular flexibility index (Phi) is 2.77. The Balaban J connectivity index is 2.02. The molecule has 3 heteroatoms. The predicted octanol–water partition coefficient (Wildman–Crippen LogP) is 3.67. The number of pyridine rings is 2. The van der Waals surface area contributed by atoms with Crippen LogP contribution >= 0.6 is 0 Å². The van der Waals surface area contributed by atoms with Gasteiger partial charge in [0.2, 0.25) is 5.88 Å². The number of hydrogen-bond donors (Lipinski definition) is 0. The summed E-state index contributed by atoms with van der Waals surface area (Å²) in [6, 6.07) is 4.13. The molecule has 0 N–H and O–H groups in total. The fourth-order valence-electron chi connectivity index (χ4n) is 2.25. The van der Waals surface area contributed by atoms with E-state index in [0.717, 1.165) is 30.0 Å². The van der Waals surface area contributed by atoms with Gasteiger partial charge >= 0.3 is 0 Å². The summed E-state index contributed by atoms with van der Waals surface area (Å²) in [6.07, 6.45) is 7.46. The first-order chi connectivity index (χ1) is 9.04. The van der Waals surface area contributed by atoms with Gasteiger partial charge in [-0.05, 0) is 36.0 Å². The molecule has 3 heterocycles. The Hall–Kier alpha value is -1.90. The van der Waals surface area contributed by atoms with Gasteiger partial charge in [0.25, 0.3) is 0 Å². The highest BCUT2D eigenvalue weighted by molar-refractivity contribution is 5.42. The molecule has 3 nitrogen and oxygen atoms in total. The Morgan fingerprint density at radius 2 is 1.89 bits per heavy atom. The fraction of sp³-hybridized carbons (Fsp3) is 0.375. The van der Waals surface area contributed by atoms with Gasteiger partial charge in [-0.3, -0.25) is 4.98 Å². The van der Waals surface area contributed by atoms with Gasteiger partial charge < -0.3 is 4.74 Å². The van der Waals surface area contributed by atoms with Crippen LogP contribution < -0.4 is 4.74 Å². The molecule has 0 aromatic carbocycles. The summed E-state index contributed by atoms with van der Waals surface area (Å²) < 4.78 is 5.92. The molecular weight excluding hydrogens is 236 g/mol. The van der Waals surface area contributed by atoms with Gasteiger partial charge in [-0.1, -0.05) is 20.8 Å². The third kappa shape index (κ3) is 2.33. The molecule has 1 aliphatic rings. The minimum atomic E-state index is 0.114. The van der Waals surface area contributed by atoms with Crippen molar-refractivity contribution in [2.45, 2.75) is 39.0 Å². The number of aromatic nitrogens is 2. The number of hydrogen-bond acceptors (Lipinski definition) is 3. The minimum absolute atomic E-state index is 0.114. The second-order valence-electron chi connectivity index (χ2n) is 6.02. The van der Waals surface area contributed by atoms with Crippen molar-refractivity contribution in [3.8, 4) is 11.6 Å². The lowest BCUT2D eigenvalue weighted by atomic mass is 9.87. The molecule has 0 bridgehead atoms. The van der Waals surface area contributed by atoms with Gasteiger partial charge in [-0.15, -0.1) is 0 Å². The zero-order valence-electron chi connectivity index (χ0n) is 11.6. The zero-order chi connectivity index (χ0) is 13.5. The highest BCUT2D eigenvalue weighted by atomic mass is 16.5. The van der Waals surface area contributed by atoms with Crippen molar-refractivity contribution in [3.05, 3.63) is 47.4 Å². The summed E-state index contributed by atoms with van der Waals surface area (Å²) >= 11 is 0. The Morgan fingerprint density at radius 1 is 1.11 bits per heavy atom. The smallest absolute Gasteiger partial charge is 0.222 e. The first-order valence-corrected chi connectivity index (χ1v) is 6.64. The van der Waals surface area contributed by atoms with Crippen LogP contribution in [-0.2, 0) is 18.3 Å². The monoisotopic (exact) mass is 254 g/mol. The molecule has 0 saturated heterocycles. The normalized spacial score (nSPS) is 14.1. The molecule has 1 aliphatic heterocycles. The van der Waals surface area contributed by atoms with Crippen LogP contribution in [0.2, 0.25) is 0 Å². The van der Waals surface area contributed by atoms with Crippen LogP contribution in [-0.4, -0.2) is 9.97 Å². The summed E-state index contributed by atoms with van der Waals surface area (Å²) in [5.41, 5.74) is 3.70. The maximum Gasteiger partial charge on any atom is 0.222 e. The first-order valence-electron chi connectivity index (χ1n) is 6.64. The van der Waals surface area contributed by atoms with Gasteiger partial charge in [0, 0.05) is 29.7 Å². The predicted molar refractivity (Wildman–Crippen MR) is 74.7 cm³/mol. The van der Waals surface area contributed by atoms with E-state index in [9.17, 15) is 0 Å². The Labute approximate surface area is 113 Å². The van der Waals surface area contributed by atoms with E-state index in [0.29, 0.717) is 0 Å². The van der Waals surface area contributed by atoms with Crippen molar-refractivity contribution in [2.75, 3.05) is 0 Å². The molecule has 98 valence electrons. The van der Waals surface area contributed by atoms with E-state index < -0.39 is 0 Å². The van der Waals surface area contributed by atoms with Crippen molar-refractivity contribution >= 4 is 0 Å². The zero-order valence-corrected chi connectivity index (χ0v) is 11.6. The van der Waals surface area contributed by atoms with E-state index in [1.807, 2.05) is 18.5 Å². The SMILES string of the molecule is CC(C)(C)c1cnc2c(c1)CCc1cnccc1O2. The average Bonchev–Trinajstić information content (AvgIpc) is 2.55. The van der Waals surface area contributed by atoms with Gasteiger partial charge in [0.15, 0.2) is 0 Å². The summed E-state index contributed by atoms with van der Waals surface area (Å²) in [5, 5.41) is 0. The van der Waals surface area contributed by atoms with Crippen LogP contribution in [0.4, 0.5) is 0 Å². The molecule has 2 aromatic heterocycles. The maximum absolute atomic E-state index is 5.92. The summed E-state index contributed by atoms with van der Waals surface area (Å²) in [7, 11) is 0. The minimum Gasteiger partial charge on any atom is -0.438 e. The van der Waals surface area contributed by atoms with Crippen molar-refractivity contribution < 1.29 is 4.74 Å². The highest BCUT2D eigenvalue weighted by Crippen LogP contribution is 2.33. The topological polar surface area (TPSA) is 35.0 Å². The lowest BCUT2D eigenvalue weighted by Gasteiger charge is -2.19. The third-order valence-corrected chi connectivity index (χ3v) is 3.52. The highest BCUT2D eigenvalue weighted by Gasteiger charge is 2.20. The van der Waals surface area contributed by atoms with Crippen LogP contribution in [0.1, 0.15) is 37.5 Å². The van der Waals surface area contributed by atoms with Crippen LogP contribution in [0.15, 0.2) is 30.7 Å². The van der Waals surface area contributed by atoms with E-state index in [1.165, 1.54) is 11.1 Å². The third-order valence-electron chi connectivity index (χ3n) is 3.52. The average molecular weight is 254 g/mol. The van der Waals surface area contributed by atoms with Gasteiger partial charge in [0.05, 0.1) is 0 Å². The van der Waals surface area contributed by atoms with E-state index in [4.69, 9.17) is 4.74 Å².